The molecular formula is C15H23NO4S. The number of hydrogen-bond donors (Lipinski definition) is 2. The van der Waals surface area contributed by atoms with E-state index < -0.39 is 10.0 Å². The van der Waals surface area contributed by atoms with E-state index in [0.717, 1.165) is 18.6 Å². The summed E-state index contributed by atoms with van der Waals surface area (Å²) in [5, 5.41) is 9.31. The molecule has 2 N–H and O–H groups in total. The molecular weight excluding hydrogens is 290 g/mol. The molecule has 6 heteroatoms. The quantitative estimate of drug-likeness (QED) is 0.677. The van der Waals surface area contributed by atoms with Crippen molar-refractivity contribution in [3.8, 4) is 0 Å². The highest BCUT2D eigenvalue weighted by Crippen LogP contribution is 2.28. The van der Waals surface area contributed by atoms with Crippen LogP contribution in [0, 0.1) is 5.92 Å². The van der Waals surface area contributed by atoms with Crippen LogP contribution in [0.2, 0.25) is 0 Å². The largest absolute Gasteiger partial charge is 0.392 e. The average Bonchev–Trinajstić information content (AvgIpc) is 3.30. The molecule has 1 aliphatic carbocycles. The maximum Gasteiger partial charge on any atom is 0.240 e. The van der Waals surface area contributed by atoms with Crippen LogP contribution in [0.1, 0.15) is 30.9 Å². The third-order valence-electron chi connectivity index (χ3n) is 3.63. The van der Waals surface area contributed by atoms with Crippen molar-refractivity contribution in [1.29, 1.82) is 0 Å². The van der Waals surface area contributed by atoms with Crippen LogP contribution < -0.4 is 4.72 Å². The number of ether oxygens (including phenoxy) is 1. The minimum Gasteiger partial charge on any atom is -0.392 e. The van der Waals surface area contributed by atoms with Crippen LogP contribution in [0.15, 0.2) is 23.1 Å². The number of aryl methyl sites for hydroxylation is 1. The maximum atomic E-state index is 12.2. The fraction of sp³-hybridized carbons (Fsp3) is 0.600. The fourth-order valence-corrected chi connectivity index (χ4v) is 3.19. The summed E-state index contributed by atoms with van der Waals surface area (Å²) in [5.74, 6) is 0.676. The van der Waals surface area contributed by atoms with Gasteiger partial charge in [-0.05, 0) is 48.4 Å². The second-order valence-electron chi connectivity index (χ2n) is 5.36. The minimum atomic E-state index is -3.54. The molecule has 0 amide bonds. The van der Waals surface area contributed by atoms with Crippen LogP contribution in [-0.4, -0.2) is 33.3 Å². The summed E-state index contributed by atoms with van der Waals surface area (Å²) in [7, 11) is -3.54. The van der Waals surface area contributed by atoms with Crippen molar-refractivity contribution in [3.05, 3.63) is 29.3 Å². The molecule has 0 atom stereocenters. The van der Waals surface area contributed by atoms with E-state index in [4.69, 9.17) is 4.74 Å². The van der Waals surface area contributed by atoms with Gasteiger partial charge in [-0.2, -0.15) is 0 Å². The first kappa shape index (κ1) is 16.4. The molecule has 1 fully saturated rings. The summed E-state index contributed by atoms with van der Waals surface area (Å²) < 4.78 is 32.2. The van der Waals surface area contributed by atoms with Gasteiger partial charge in [0.2, 0.25) is 10.0 Å². The number of sulfonamides is 1. The Balaban J connectivity index is 1.91. The highest BCUT2D eigenvalue weighted by atomic mass is 32.2. The molecule has 21 heavy (non-hydrogen) atoms. The first-order chi connectivity index (χ1) is 10.1. The number of hydrogen-bond acceptors (Lipinski definition) is 4. The van der Waals surface area contributed by atoms with Crippen molar-refractivity contribution >= 4 is 10.0 Å². The summed E-state index contributed by atoms with van der Waals surface area (Å²) in [6, 6.07) is 4.86. The number of rotatable bonds is 9. The van der Waals surface area contributed by atoms with Crippen molar-refractivity contribution < 1.29 is 18.3 Å². The van der Waals surface area contributed by atoms with Gasteiger partial charge >= 0.3 is 0 Å². The molecule has 0 bridgehead atoms. The Labute approximate surface area is 126 Å². The molecule has 0 heterocycles. The fourth-order valence-electron chi connectivity index (χ4n) is 2.13. The number of aliphatic hydroxyl groups is 1. The topological polar surface area (TPSA) is 75.6 Å². The van der Waals surface area contributed by atoms with Gasteiger partial charge in [0, 0.05) is 13.2 Å². The zero-order chi connectivity index (χ0) is 15.3. The number of aliphatic hydroxyl groups excluding tert-OH is 1. The lowest BCUT2D eigenvalue weighted by atomic mass is 10.1. The first-order valence-corrected chi connectivity index (χ1v) is 8.85. The summed E-state index contributed by atoms with van der Waals surface area (Å²) in [6.07, 6.45) is 3.21. The Kier molecular flexibility index (Phi) is 5.75. The zero-order valence-electron chi connectivity index (χ0n) is 12.3. The van der Waals surface area contributed by atoms with Crippen LogP contribution in [0.4, 0.5) is 0 Å². The van der Waals surface area contributed by atoms with Gasteiger partial charge in [0.25, 0.3) is 0 Å². The third kappa shape index (κ3) is 4.78. The van der Waals surface area contributed by atoms with Crippen molar-refractivity contribution in [2.24, 2.45) is 5.92 Å². The standard InChI is InChI=1S/C15H23NO4S/c1-2-13-5-6-15(9-14(13)10-17)21(18,19)16-7-8-20-11-12-3-4-12/h5-6,9,12,16-17H,2-4,7-8,10-11H2,1H3. The van der Waals surface area contributed by atoms with Crippen LogP contribution in [-0.2, 0) is 27.8 Å². The molecule has 5 nitrogen and oxygen atoms in total. The Morgan fingerprint density at radius 3 is 2.71 bits per heavy atom. The number of benzene rings is 1. The number of nitrogens with one attached hydrogen (secondary N) is 1. The monoisotopic (exact) mass is 313 g/mol. The second kappa shape index (κ2) is 7.35. The summed E-state index contributed by atoms with van der Waals surface area (Å²) in [4.78, 5) is 0.186. The van der Waals surface area contributed by atoms with Crippen LogP contribution >= 0.6 is 0 Å². The molecule has 0 spiro atoms. The molecule has 0 aromatic heterocycles. The van der Waals surface area contributed by atoms with Gasteiger partial charge in [-0.1, -0.05) is 13.0 Å². The highest BCUT2D eigenvalue weighted by Gasteiger charge is 2.21. The van der Waals surface area contributed by atoms with Crippen molar-refractivity contribution in [3.63, 3.8) is 0 Å². The Bertz CT molecular complexity index is 567. The minimum absolute atomic E-state index is 0.156. The van der Waals surface area contributed by atoms with Crippen LogP contribution in [0.5, 0.6) is 0 Å². The summed E-state index contributed by atoms with van der Waals surface area (Å²) in [6.45, 7) is 3.19. The lowest BCUT2D eigenvalue weighted by molar-refractivity contribution is 0.129. The molecule has 1 aromatic rings. The lowest BCUT2D eigenvalue weighted by Crippen LogP contribution is -2.27. The van der Waals surface area contributed by atoms with Gasteiger partial charge in [0.15, 0.2) is 0 Å². The van der Waals surface area contributed by atoms with E-state index >= 15 is 0 Å². The van der Waals surface area contributed by atoms with Crippen LogP contribution in [0.25, 0.3) is 0 Å². The van der Waals surface area contributed by atoms with Gasteiger partial charge < -0.3 is 9.84 Å². The first-order valence-electron chi connectivity index (χ1n) is 7.37. The molecule has 0 aliphatic heterocycles. The smallest absolute Gasteiger partial charge is 0.240 e. The normalized spacial score (nSPS) is 15.3. The molecule has 2 rings (SSSR count). The predicted molar refractivity (Wildman–Crippen MR) is 80.5 cm³/mol. The van der Waals surface area contributed by atoms with E-state index in [1.165, 1.54) is 18.9 Å². The van der Waals surface area contributed by atoms with Crippen molar-refractivity contribution in [2.45, 2.75) is 37.7 Å². The molecule has 0 unspecified atom stereocenters. The zero-order valence-corrected chi connectivity index (χ0v) is 13.2. The van der Waals surface area contributed by atoms with E-state index in [0.29, 0.717) is 18.1 Å². The Hall–Kier alpha value is -0.950. The molecule has 0 saturated heterocycles. The SMILES string of the molecule is CCc1ccc(S(=O)(=O)NCCOCC2CC2)cc1CO. The highest BCUT2D eigenvalue weighted by molar-refractivity contribution is 7.89. The predicted octanol–water partition coefficient (Wildman–Crippen LogP) is 1.45. The van der Waals surface area contributed by atoms with E-state index in [9.17, 15) is 13.5 Å². The molecule has 1 aliphatic rings. The van der Waals surface area contributed by atoms with E-state index in [2.05, 4.69) is 4.72 Å². The Morgan fingerprint density at radius 1 is 1.33 bits per heavy atom. The molecule has 1 aromatic carbocycles. The van der Waals surface area contributed by atoms with Gasteiger partial charge in [-0.25, -0.2) is 13.1 Å². The van der Waals surface area contributed by atoms with Crippen molar-refractivity contribution in [1.82, 2.24) is 4.72 Å². The van der Waals surface area contributed by atoms with Gasteiger partial charge in [-0.15, -0.1) is 0 Å². The summed E-state index contributed by atoms with van der Waals surface area (Å²) in [5.41, 5.74) is 1.62. The lowest BCUT2D eigenvalue weighted by Gasteiger charge is -2.10. The Morgan fingerprint density at radius 2 is 2.10 bits per heavy atom. The van der Waals surface area contributed by atoms with E-state index in [1.54, 1.807) is 12.1 Å². The third-order valence-corrected chi connectivity index (χ3v) is 5.09. The van der Waals surface area contributed by atoms with Gasteiger partial charge in [0.05, 0.1) is 18.1 Å². The van der Waals surface area contributed by atoms with Gasteiger partial charge in [0.1, 0.15) is 0 Å². The van der Waals surface area contributed by atoms with E-state index in [-0.39, 0.29) is 18.0 Å². The molecule has 0 radical (unpaired) electrons. The summed E-state index contributed by atoms with van der Waals surface area (Å²) >= 11 is 0. The maximum absolute atomic E-state index is 12.2. The molecule has 1 saturated carbocycles. The molecule has 118 valence electrons. The van der Waals surface area contributed by atoms with Crippen LogP contribution in [0.3, 0.4) is 0 Å². The second-order valence-corrected chi connectivity index (χ2v) is 7.13. The van der Waals surface area contributed by atoms with Crippen molar-refractivity contribution in [2.75, 3.05) is 19.8 Å². The van der Waals surface area contributed by atoms with Gasteiger partial charge in [-0.3, -0.25) is 0 Å². The van der Waals surface area contributed by atoms with E-state index in [1.807, 2.05) is 6.92 Å². The average molecular weight is 313 g/mol.